The second-order valence-corrected chi connectivity index (χ2v) is 11.4. The largest absolute Gasteiger partial charge is 0.493 e. The van der Waals surface area contributed by atoms with Crippen LogP contribution in [0.15, 0.2) is 71.6 Å². The molecule has 9 nitrogen and oxygen atoms in total. The molecule has 3 aromatic rings. The van der Waals surface area contributed by atoms with Crippen molar-refractivity contribution in [3.05, 3.63) is 82.3 Å². The van der Waals surface area contributed by atoms with Gasteiger partial charge in [0.25, 0.3) is 10.0 Å². The Kier molecular flexibility index (Phi) is 10.7. The van der Waals surface area contributed by atoms with E-state index in [1.54, 1.807) is 62.4 Å². The number of nitrogens with one attached hydrogen (secondary N) is 1. The van der Waals surface area contributed by atoms with Crippen molar-refractivity contribution >= 4 is 50.7 Å². The van der Waals surface area contributed by atoms with Gasteiger partial charge in [0.15, 0.2) is 11.5 Å². The fourth-order valence-electron chi connectivity index (χ4n) is 3.97. The molecule has 12 heteroatoms. The lowest BCUT2D eigenvalue weighted by Crippen LogP contribution is -2.51. The first-order chi connectivity index (χ1) is 19.0. The van der Waals surface area contributed by atoms with Gasteiger partial charge in [-0.25, -0.2) is 8.42 Å². The highest BCUT2D eigenvalue weighted by Crippen LogP contribution is 2.32. The number of sulfonamides is 1. The van der Waals surface area contributed by atoms with Crippen LogP contribution in [0.4, 0.5) is 5.69 Å². The van der Waals surface area contributed by atoms with E-state index in [-0.39, 0.29) is 28.8 Å². The number of likely N-dealkylation sites (N-methyl/N-ethyl adjacent to an activating group) is 1. The summed E-state index contributed by atoms with van der Waals surface area (Å²) in [7, 11) is -1.43. The number of ether oxygens (including phenoxy) is 2. The molecule has 0 saturated heterocycles. The predicted molar refractivity (Wildman–Crippen MR) is 156 cm³/mol. The van der Waals surface area contributed by atoms with E-state index in [2.05, 4.69) is 5.32 Å². The van der Waals surface area contributed by atoms with Gasteiger partial charge in [-0.15, -0.1) is 0 Å². The van der Waals surface area contributed by atoms with E-state index < -0.39 is 28.5 Å². The fourth-order valence-corrected chi connectivity index (χ4v) is 5.72. The Labute approximate surface area is 244 Å². The molecule has 1 N–H and O–H groups in total. The van der Waals surface area contributed by atoms with Gasteiger partial charge in [0.05, 0.1) is 34.8 Å². The van der Waals surface area contributed by atoms with Crippen LogP contribution in [0.2, 0.25) is 10.0 Å². The molecule has 3 rings (SSSR count). The second-order valence-electron chi connectivity index (χ2n) is 8.70. The van der Waals surface area contributed by atoms with Gasteiger partial charge in [-0.3, -0.25) is 13.9 Å². The van der Waals surface area contributed by atoms with Crippen molar-refractivity contribution in [1.82, 2.24) is 10.2 Å². The molecule has 214 valence electrons. The summed E-state index contributed by atoms with van der Waals surface area (Å²) in [6.07, 6.45) is 0. The van der Waals surface area contributed by atoms with E-state index in [4.69, 9.17) is 32.7 Å². The molecule has 0 aliphatic carbocycles. The summed E-state index contributed by atoms with van der Waals surface area (Å²) < 4.78 is 39.4. The molecule has 2 amide bonds. The number of carbonyl (C=O) groups excluding carboxylic acids is 2. The van der Waals surface area contributed by atoms with E-state index in [1.165, 1.54) is 37.3 Å². The number of hydrogen-bond donors (Lipinski definition) is 1. The molecule has 0 fully saturated rings. The Hall–Kier alpha value is -3.47. The Bertz CT molecular complexity index is 1450. The molecule has 0 aliphatic heterocycles. The van der Waals surface area contributed by atoms with Crippen molar-refractivity contribution < 1.29 is 27.5 Å². The van der Waals surface area contributed by atoms with Gasteiger partial charge in [-0.2, -0.15) is 0 Å². The van der Waals surface area contributed by atoms with Crippen LogP contribution in [0, 0.1) is 0 Å². The average Bonchev–Trinajstić information content (AvgIpc) is 2.95. The van der Waals surface area contributed by atoms with Gasteiger partial charge in [-0.1, -0.05) is 47.5 Å². The normalized spacial score (nSPS) is 11.8. The summed E-state index contributed by atoms with van der Waals surface area (Å²) in [4.78, 5) is 27.9. The number of anilines is 1. The zero-order valence-corrected chi connectivity index (χ0v) is 24.9. The topological polar surface area (TPSA) is 105 Å². The van der Waals surface area contributed by atoms with E-state index in [1.807, 2.05) is 0 Å². The Morgan fingerprint density at radius 3 is 2.20 bits per heavy atom. The van der Waals surface area contributed by atoms with Crippen LogP contribution in [-0.4, -0.2) is 58.5 Å². The summed E-state index contributed by atoms with van der Waals surface area (Å²) in [5.41, 5.74) is 0.888. The van der Waals surface area contributed by atoms with E-state index >= 15 is 0 Å². The van der Waals surface area contributed by atoms with Crippen LogP contribution in [0.1, 0.15) is 19.4 Å². The third kappa shape index (κ3) is 7.18. The summed E-state index contributed by atoms with van der Waals surface area (Å²) in [6, 6.07) is 16.4. The minimum absolute atomic E-state index is 0.00689. The van der Waals surface area contributed by atoms with Crippen molar-refractivity contribution in [2.45, 2.75) is 31.3 Å². The lowest BCUT2D eigenvalue weighted by Gasteiger charge is -2.32. The van der Waals surface area contributed by atoms with Crippen LogP contribution in [0.5, 0.6) is 11.5 Å². The van der Waals surface area contributed by atoms with Crippen LogP contribution < -0.4 is 19.1 Å². The summed E-state index contributed by atoms with van der Waals surface area (Å²) >= 11 is 12.2. The number of nitrogens with zero attached hydrogens (tertiary/aromatic N) is 2. The summed E-state index contributed by atoms with van der Waals surface area (Å²) in [5, 5.41) is 3.35. The summed E-state index contributed by atoms with van der Waals surface area (Å²) in [5.74, 6) is -0.413. The molecule has 0 heterocycles. The molecule has 0 unspecified atom stereocenters. The fraction of sp³-hybridized carbons (Fsp3) is 0.286. The third-order valence-electron chi connectivity index (χ3n) is 6.12. The minimum Gasteiger partial charge on any atom is -0.493 e. The molecule has 0 spiro atoms. The van der Waals surface area contributed by atoms with E-state index in [0.29, 0.717) is 27.9 Å². The highest BCUT2D eigenvalue weighted by Gasteiger charge is 2.33. The molecule has 0 radical (unpaired) electrons. The maximum absolute atomic E-state index is 14.0. The first-order valence-electron chi connectivity index (χ1n) is 12.3. The van der Waals surface area contributed by atoms with Crippen molar-refractivity contribution in [3.8, 4) is 11.5 Å². The number of carbonyl (C=O) groups is 2. The van der Waals surface area contributed by atoms with Gasteiger partial charge in [-0.05, 0) is 55.8 Å². The minimum atomic E-state index is -4.27. The highest BCUT2D eigenvalue weighted by molar-refractivity contribution is 7.92. The molecular formula is C28H31Cl2N3O6S. The van der Waals surface area contributed by atoms with E-state index in [0.717, 1.165) is 4.31 Å². The predicted octanol–water partition coefficient (Wildman–Crippen LogP) is 4.76. The lowest BCUT2D eigenvalue weighted by atomic mass is 10.1. The standard InChI is InChI=1S/C28H31Cl2N3O6S/c1-5-31-28(35)19(2)32(17-20-11-13-23(29)24(30)15-20)27(34)18-33(21-9-7-6-8-10-21)40(36,37)22-12-14-25(38-3)26(16-22)39-4/h6-16,19H,5,17-18H2,1-4H3,(H,31,35)/t19-/m0/s1. The zero-order valence-electron chi connectivity index (χ0n) is 22.6. The third-order valence-corrected chi connectivity index (χ3v) is 8.63. The number of halogens is 2. The Morgan fingerprint density at radius 1 is 0.925 bits per heavy atom. The highest BCUT2D eigenvalue weighted by atomic mass is 35.5. The summed E-state index contributed by atoms with van der Waals surface area (Å²) in [6.45, 7) is 3.12. The average molecular weight is 609 g/mol. The number of benzene rings is 3. The Morgan fingerprint density at radius 2 is 1.60 bits per heavy atom. The first kappa shape index (κ1) is 31.1. The van der Waals surface area contributed by atoms with Crippen LogP contribution in [0.3, 0.4) is 0 Å². The molecule has 1 atom stereocenters. The number of hydrogen-bond acceptors (Lipinski definition) is 6. The number of methoxy groups -OCH3 is 2. The van der Waals surface area contributed by atoms with Gasteiger partial charge < -0.3 is 19.7 Å². The van der Waals surface area contributed by atoms with Crippen molar-refractivity contribution in [3.63, 3.8) is 0 Å². The first-order valence-corrected chi connectivity index (χ1v) is 14.5. The molecular weight excluding hydrogens is 577 g/mol. The maximum atomic E-state index is 14.0. The van der Waals surface area contributed by atoms with Gasteiger partial charge in [0.2, 0.25) is 11.8 Å². The number of rotatable bonds is 12. The van der Waals surface area contributed by atoms with Gasteiger partial charge in [0.1, 0.15) is 12.6 Å². The maximum Gasteiger partial charge on any atom is 0.264 e. The van der Waals surface area contributed by atoms with Gasteiger partial charge >= 0.3 is 0 Å². The van der Waals surface area contributed by atoms with Crippen molar-refractivity contribution in [2.24, 2.45) is 0 Å². The van der Waals surface area contributed by atoms with Crippen LogP contribution in [-0.2, 0) is 26.2 Å². The molecule has 0 bridgehead atoms. The second kappa shape index (κ2) is 13.7. The van der Waals surface area contributed by atoms with Gasteiger partial charge in [0, 0.05) is 19.2 Å². The molecule has 0 aliphatic rings. The molecule has 0 saturated carbocycles. The van der Waals surface area contributed by atoms with Crippen LogP contribution in [0.25, 0.3) is 0 Å². The number of para-hydroxylation sites is 1. The lowest BCUT2D eigenvalue weighted by molar-refractivity contribution is -0.139. The quantitative estimate of drug-likeness (QED) is 0.318. The number of amides is 2. The SMILES string of the molecule is CCNC(=O)[C@H](C)N(Cc1ccc(Cl)c(Cl)c1)C(=O)CN(c1ccccc1)S(=O)(=O)c1ccc(OC)c(OC)c1. The van der Waals surface area contributed by atoms with Crippen LogP contribution >= 0.6 is 23.2 Å². The monoisotopic (exact) mass is 607 g/mol. The molecule has 3 aromatic carbocycles. The van der Waals surface area contributed by atoms with E-state index in [9.17, 15) is 18.0 Å². The van der Waals surface area contributed by atoms with Crippen molar-refractivity contribution in [2.75, 3.05) is 31.6 Å². The zero-order chi connectivity index (χ0) is 29.4. The van der Waals surface area contributed by atoms with Crippen molar-refractivity contribution in [1.29, 1.82) is 0 Å². The Balaban J connectivity index is 2.05. The molecule has 0 aromatic heterocycles. The smallest absolute Gasteiger partial charge is 0.264 e. The molecule has 40 heavy (non-hydrogen) atoms.